The Morgan fingerprint density at radius 1 is 0.333 bits per heavy atom. The van der Waals surface area contributed by atoms with Gasteiger partial charge in [-0.05, 0) is 82.9 Å². The van der Waals surface area contributed by atoms with Gasteiger partial charge in [0.25, 0.3) is 0 Å². The molecule has 45 heavy (non-hydrogen) atoms. The van der Waals surface area contributed by atoms with Crippen molar-refractivity contribution in [2.75, 3.05) is 0 Å². The van der Waals surface area contributed by atoms with E-state index in [1.54, 1.807) is 12.4 Å². The largest absolute Gasteiger partial charge is 0.453 e. The van der Waals surface area contributed by atoms with Crippen LogP contribution in [-0.2, 0) is 0 Å². The highest BCUT2D eigenvalue weighted by atomic mass is 16.5. The van der Waals surface area contributed by atoms with Crippen LogP contribution >= 0.6 is 0 Å². The lowest BCUT2D eigenvalue weighted by molar-refractivity contribution is 0.492. The number of hydrogen-bond acceptors (Lipinski definition) is 5. The number of hydrogen-bond donors (Lipinski definition) is 0. The van der Waals surface area contributed by atoms with E-state index >= 15 is 0 Å². The second kappa shape index (κ2) is 11.5. The van der Waals surface area contributed by atoms with Gasteiger partial charge in [0.05, 0.1) is 11.4 Å². The molecule has 0 spiro atoms. The number of ether oxygens (including phenoxy) is 1. The molecular weight excluding hydrogens is 552 g/mol. The highest BCUT2D eigenvalue weighted by Gasteiger charge is 2.15. The topological polar surface area (TPSA) is 60.8 Å². The van der Waals surface area contributed by atoms with Crippen LogP contribution in [0.5, 0.6) is 11.5 Å². The Bertz CT molecular complexity index is 2140. The molecule has 0 bridgehead atoms. The van der Waals surface area contributed by atoms with Crippen molar-refractivity contribution in [2.45, 2.75) is 0 Å². The minimum atomic E-state index is 0.630. The Labute approximate surface area is 260 Å². The number of rotatable bonds is 6. The van der Waals surface area contributed by atoms with E-state index in [9.17, 15) is 0 Å². The maximum absolute atomic E-state index is 6.78. The molecule has 0 aliphatic heterocycles. The van der Waals surface area contributed by atoms with Gasteiger partial charge in [-0.3, -0.25) is 19.9 Å². The lowest BCUT2D eigenvalue weighted by Crippen LogP contribution is -1.94. The van der Waals surface area contributed by atoms with Gasteiger partial charge in [0.2, 0.25) is 0 Å². The molecule has 0 saturated carbocycles. The summed E-state index contributed by atoms with van der Waals surface area (Å²) < 4.78 is 6.78. The molecule has 212 valence electrons. The number of benzene rings is 4. The lowest BCUT2D eigenvalue weighted by atomic mass is 10.0. The van der Waals surface area contributed by atoms with E-state index in [-0.39, 0.29) is 0 Å². The van der Waals surface area contributed by atoms with Crippen LogP contribution in [0.25, 0.3) is 66.6 Å². The van der Waals surface area contributed by atoms with Crippen LogP contribution in [0.1, 0.15) is 0 Å². The van der Waals surface area contributed by atoms with E-state index in [1.165, 1.54) is 0 Å². The minimum absolute atomic E-state index is 0.630. The molecule has 0 radical (unpaired) electrons. The van der Waals surface area contributed by atoms with Gasteiger partial charge in [0.15, 0.2) is 11.5 Å². The summed E-state index contributed by atoms with van der Waals surface area (Å²) in [6.45, 7) is 0. The van der Waals surface area contributed by atoms with Gasteiger partial charge in [-0.2, -0.15) is 0 Å². The Kier molecular flexibility index (Phi) is 6.74. The summed E-state index contributed by atoms with van der Waals surface area (Å²) >= 11 is 0. The van der Waals surface area contributed by atoms with E-state index in [0.717, 1.165) is 66.6 Å². The van der Waals surface area contributed by atoms with E-state index in [0.29, 0.717) is 11.5 Å². The molecule has 8 aromatic rings. The first-order valence-corrected chi connectivity index (χ1v) is 14.8. The van der Waals surface area contributed by atoms with Crippen LogP contribution in [0, 0.1) is 0 Å². The zero-order valence-corrected chi connectivity index (χ0v) is 24.2. The van der Waals surface area contributed by atoms with Gasteiger partial charge in [-0.25, -0.2) is 0 Å². The summed E-state index contributed by atoms with van der Waals surface area (Å²) in [5.41, 5.74) is 9.58. The third kappa shape index (κ3) is 5.28. The SMILES string of the molecule is c1ccc(-c2ccnc(-c3cc(Oc4cc(-c5cc(-c6ccccc6)ccn5)cc5cccnc45)c4ncccc4c3)c2)cc1. The van der Waals surface area contributed by atoms with Crippen molar-refractivity contribution >= 4 is 21.8 Å². The first-order valence-electron chi connectivity index (χ1n) is 14.8. The molecule has 0 atom stereocenters. The van der Waals surface area contributed by atoms with Crippen molar-refractivity contribution in [3.8, 4) is 56.3 Å². The summed E-state index contributed by atoms with van der Waals surface area (Å²) in [7, 11) is 0. The van der Waals surface area contributed by atoms with Gasteiger partial charge in [0.1, 0.15) is 11.0 Å². The highest BCUT2D eigenvalue weighted by Crippen LogP contribution is 2.39. The molecule has 0 amide bonds. The number of fused-ring (bicyclic) bond motifs is 2. The van der Waals surface area contributed by atoms with Crippen molar-refractivity contribution in [1.29, 1.82) is 0 Å². The summed E-state index contributed by atoms with van der Waals surface area (Å²) in [4.78, 5) is 18.9. The van der Waals surface area contributed by atoms with Crippen molar-refractivity contribution < 1.29 is 4.74 Å². The van der Waals surface area contributed by atoms with Crippen LogP contribution < -0.4 is 4.74 Å². The molecule has 4 heterocycles. The van der Waals surface area contributed by atoms with Gasteiger partial charge < -0.3 is 4.74 Å². The number of aromatic nitrogens is 4. The molecule has 0 aliphatic rings. The molecule has 0 saturated heterocycles. The van der Waals surface area contributed by atoms with E-state index in [2.05, 4.69) is 48.5 Å². The standard InChI is InChI=1S/C40H26N4O/c1-3-9-27(10-4-1)29-15-19-41-35(23-29)33-21-31-13-7-17-43-39(31)37(25-33)45-38-26-34(22-32-14-8-18-44-40(32)38)36-24-30(16-20-42-36)28-11-5-2-6-12-28/h1-26H. The van der Waals surface area contributed by atoms with Crippen LogP contribution in [0.15, 0.2) is 158 Å². The minimum Gasteiger partial charge on any atom is -0.453 e. The fourth-order valence-electron chi connectivity index (χ4n) is 5.68. The molecule has 0 unspecified atom stereocenters. The molecule has 0 fully saturated rings. The fourth-order valence-corrected chi connectivity index (χ4v) is 5.68. The van der Waals surface area contributed by atoms with Crippen molar-refractivity contribution in [3.05, 3.63) is 158 Å². The molecule has 0 aliphatic carbocycles. The zero-order chi connectivity index (χ0) is 30.0. The average molecular weight is 579 g/mol. The van der Waals surface area contributed by atoms with Crippen LogP contribution in [0.2, 0.25) is 0 Å². The van der Waals surface area contributed by atoms with Crippen molar-refractivity contribution in [1.82, 2.24) is 19.9 Å². The summed E-state index contributed by atoms with van der Waals surface area (Å²) in [6, 6.07) is 45.1. The zero-order valence-electron chi connectivity index (χ0n) is 24.2. The molecule has 5 heteroatoms. The molecular formula is C40H26N4O. The van der Waals surface area contributed by atoms with E-state index in [1.807, 2.05) is 97.3 Å². The van der Waals surface area contributed by atoms with Crippen LogP contribution in [-0.4, -0.2) is 19.9 Å². The fraction of sp³-hybridized carbons (Fsp3) is 0. The smallest absolute Gasteiger partial charge is 0.154 e. The predicted octanol–water partition coefficient (Wildman–Crippen LogP) is 10.0. The third-order valence-electron chi connectivity index (χ3n) is 7.89. The number of nitrogens with zero attached hydrogens (tertiary/aromatic N) is 4. The summed E-state index contributed by atoms with van der Waals surface area (Å²) in [5, 5.41) is 1.92. The monoisotopic (exact) mass is 578 g/mol. The predicted molar refractivity (Wildman–Crippen MR) is 181 cm³/mol. The van der Waals surface area contributed by atoms with Gasteiger partial charge in [-0.15, -0.1) is 0 Å². The molecule has 0 N–H and O–H groups in total. The van der Waals surface area contributed by atoms with Crippen LogP contribution in [0.4, 0.5) is 0 Å². The third-order valence-corrected chi connectivity index (χ3v) is 7.89. The Hall–Kier alpha value is -6.20. The average Bonchev–Trinajstić information content (AvgIpc) is 3.12. The second-order valence-corrected chi connectivity index (χ2v) is 10.8. The maximum atomic E-state index is 6.78. The van der Waals surface area contributed by atoms with Crippen molar-refractivity contribution in [2.24, 2.45) is 0 Å². The quantitative estimate of drug-likeness (QED) is 0.196. The lowest BCUT2D eigenvalue weighted by Gasteiger charge is -2.14. The van der Waals surface area contributed by atoms with Gasteiger partial charge >= 0.3 is 0 Å². The Balaban J connectivity index is 1.25. The number of pyridine rings is 4. The molecule has 5 nitrogen and oxygen atoms in total. The Morgan fingerprint density at radius 3 is 1.27 bits per heavy atom. The second-order valence-electron chi connectivity index (χ2n) is 10.8. The van der Waals surface area contributed by atoms with E-state index < -0.39 is 0 Å². The van der Waals surface area contributed by atoms with Gasteiger partial charge in [-0.1, -0.05) is 72.8 Å². The van der Waals surface area contributed by atoms with E-state index in [4.69, 9.17) is 24.7 Å². The summed E-state index contributed by atoms with van der Waals surface area (Å²) in [5.74, 6) is 1.26. The maximum Gasteiger partial charge on any atom is 0.154 e. The summed E-state index contributed by atoms with van der Waals surface area (Å²) in [6.07, 6.45) is 7.27. The highest BCUT2D eigenvalue weighted by molar-refractivity contribution is 5.93. The van der Waals surface area contributed by atoms with Crippen LogP contribution in [0.3, 0.4) is 0 Å². The first kappa shape index (κ1) is 26.4. The molecule has 4 aromatic heterocycles. The first-order chi connectivity index (χ1) is 22.3. The normalized spacial score (nSPS) is 11.1. The molecule has 4 aromatic carbocycles. The van der Waals surface area contributed by atoms with Gasteiger partial charge in [0, 0.05) is 46.7 Å². The Morgan fingerprint density at radius 2 is 0.800 bits per heavy atom. The van der Waals surface area contributed by atoms with Crippen molar-refractivity contribution in [3.63, 3.8) is 0 Å². The molecule has 8 rings (SSSR count).